The Kier molecular flexibility index (Phi) is 5.01. The Morgan fingerprint density at radius 1 is 1.12 bits per heavy atom. The quantitative estimate of drug-likeness (QED) is 0.691. The van der Waals surface area contributed by atoms with Crippen molar-refractivity contribution in [2.45, 2.75) is 0 Å². The summed E-state index contributed by atoms with van der Waals surface area (Å²) >= 11 is 0. The summed E-state index contributed by atoms with van der Waals surface area (Å²) in [6.07, 6.45) is 1.62. The van der Waals surface area contributed by atoms with Gasteiger partial charge in [-0.2, -0.15) is 5.26 Å². The number of fused-ring (bicyclic) bond motifs is 1. The molecule has 0 radical (unpaired) electrons. The highest BCUT2D eigenvalue weighted by Crippen LogP contribution is 2.24. The number of carbonyl (C=O) groups excluding carboxylic acids is 1. The number of benzene rings is 2. The minimum absolute atomic E-state index is 0.107. The maximum absolute atomic E-state index is 11.6. The molecule has 0 spiro atoms. The molecule has 0 unspecified atom stereocenters. The van der Waals surface area contributed by atoms with Crippen LogP contribution in [0.1, 0.15) is 5.56 Å². The van der Waals surface area contributed by atoms with Crippen molar-refractivity contribution < 1.29 is 4.79 Å². The van der Waals surface area contributed by atoms with E-state index in [2.05, 4.69) is 40.4 Å². The van der Waals surface area contributed by atoms with Crippen LogP contribution in [0, 0.1) is 11.3 Å². The van der Waals surface area contributed by atoms with E-state index in [1.54, 1.807) is 6.08 Å². The van der Waals surface area contributed by atoms with Gasteiger partial charge in [0.15, 0.2) is 0 Å². The lowest BCUT2D eigenvalue weighted by Gasteiger charge is -2.34. The van der Waals surface area contributed by atoms with Crippen LogP contribution in [-0.2, 0) is 4.79 Å². The highest BCUT2D eigenvalue weighted by Gasteiger charge is 2.14. The number of hydrogen-bond acceptors (Lipinski definition) is 4. The first kappa shape index (κ1) is 17.0. The van der Waals surface area contributed by atoms with Crippen molar-refractivity contribution in [2.24, 2.45) is 0 Å². The molecule has 2 aromatic carbocycles. The smallest absolute Gasteiger partial charge is 0.261 e. The molecule has 128 valence electrons. The Bertz CT molecular complexity index is 858. The molecule has 25 heavy (non-hydrogen) atoms. The number of likely N-dealkylation sites (N-methyl/N-ethyl adjacent to an activating group) is 2. The van der Waals surface area contributed by atoms with Gasteiger partial charge in [0.2, 0.25) is 0 Å². The molecule has 1 saturated heterocycles. The van der Waals surface area contributed by atoms with Gasteiger partial charge in [0, 0.05) is 38.9 Å². The van der Waals surface area contributed by atoms with Gasteiger partial charge in [-0.3, -0.25) is 4.79 Å². The number of amides is 1. The van der Waals surface area contributed by atoms with E-state index in [1.807, 2.05) is 24.3 Å². The second-order valence-corrected chi connectivity index (χ2v) is 6.33. The van der Waals surface area contributed by atoms with Crippen LogP contribution in [0.2, 0.25) is 0 Å². The highest BCUT2D eigenvalue weighted by atomic mass is 16.1. The second kappa shape index (κ2) is 7.37. The molecule has 1 aliphatic heterocycles. The number of nitrogens with one attached hydrogen (secondary N) is 1. The Balaban J connectivity index is 1.87. The maximum Gasteiger partial charge on any atom is 0.261 e. The summed E-state index contributed by atoms with van der Waals surface area (Å²) in [5, 5.41) is 13.9. The molecular weight excluding hydrogens is 312 g/mol. The summed E-state index contributed by atoms with van der Waals surface area (Å²) in [4.78, 5) is 16.4. The third-order valence-corrected chi connectivity index (χ3v) is 4.62. The zero-order chi connectivity index (χ0) is 17.8. The van der Waals surface area contributed by atoms with Gasteiger partial charge in [-0.25, -0.2) is 0 Å². The number of piperazine rings is 1. The van der Waals surface area contributed by atoms with Gasteiger partial charge in [-0.1, -0.05) is 18.2 Å². The molecule has 1 N–H and O–H groups in total. The fraction of sp³-hybridized carbons (Fsp3) is 0.300. The van der Waals surface area contributed by atoms with Crippen LogP contribution < -0.4 is 10.2 Å². The van der Waals surface area contributed by atoms with E-state index in [-0.39, 0.29) is 11.5 Å². The second-order valence-electron chi connectivity index (χ2n) is 6.33. The molecule has 0 aliphatic carbocycles. The molecule has 1 heterocycles. The number of rotatable bonds is 3. The number of anilines is 1. The van der Waals surface area contributed by atoms with E-state index in [1.165, 1.54) is 12.7 Å². The Hall–Kier alpha value is -2.84. The molecule has 0 saturated carbocycles. The first-order valence-corrected chi connectivity index (χ1v) is 8.42. The Morgan fingerprint density at radius 3 is 2.48 bits per heavy atom. The summed E-state index contributed by atoms with van der Waals surface area (Å²) in [6, 6.07) is 14.4. The number of nitriles is 1. The fourth-order valence-corrected chi connectivity index (χ4v) is 3.05. The summed E-state index contributed by atoms with van der Waals surface area (Å²) in [5.41, 5.74) is 2.20. The molecule has 0 bridgehead atoms. The van der Waals surface area contributed by atoms with Gasteiger partial charge in [0.25, 0.3) is 5.91 Å². The minimum atomic E-state index is -0.368. The number of carbonyl (C=O) groups is 1. The molecular formula is C20H22N4O. The molecule has 0 atom stereocenters. The normalized spacial score (nSPS) is 15.9. The maximum atomic E-state index is 11.6. The lowest BCUT2D eigenvalue weighted by Crippen LogP contribution is -2.44. The third kappa shape index (κ3) is 3.81. The Morgan fingerprint density at radius 2 is 1.80 bits per heavy atom. The van der Waals surface area contributed by atoms with Crippen molar-refractivity contribution in [1.82, 2.24) is 10.2 Å². The molecule has 5 nitrogen and oxygen atoms in total. The van der Waals surface area contributed by atoms with Crippen LogP contribution in [0.4, 0.5) is 5.69 Å². The molecule has 1 amide bonds. The van der Waals surface area contributed by atoms with E-state index < -0.39 is 0 Å². The van der Waals surface area contributed by atoms with Crippen LogP contribution >= 0.6 is 0 Å². The first-order valence-electron chi connectivity index (χ1n) is 8.42. The minimum Gasteiger partial charge on any atom is -0.369 e. The number of nitrogens with zero attached hydrogens (tertiary/aromatic N) is 3. The van der Waals surface area contributed by atoms with Crippen molar-refractivity contribution in [2.75, 3.05) is 45.2 Å². The SMILES string of the molecule is CNC(=O)/C(C#N)=C/c1ccc2cc(N3CCN(C)CC3)ccc2c1. The van der Waals surface area contributed by atoms with Crippen molar-refractivity contribution in [1.29, 1.82) is 5.26 Å². The lowest BCUT2D eigenvalue weighted by atomic mass is 10.0. The van der Waals surface area contributed by atoms with Crippen LogP contribution in [-0.4, -0.2) is 51.1 Å². The molecule has 1 aliphatic rings. The van der Waals surface area contributed by atoms with Gasteiger partial charge in [-0.05, 0) is 47.7 Å². The standard InChI is InChI=1S/C20H22N4O/c1-22-20(25)18(14-21)12-15-3-4-17-13-19(6-5-16(17)11-15)24-9-7-23(2)8-10-24/h3-6,11-13H,7-10H2,1-2H3,(H,22,25)/b18-12+. The van der Waals surface area contributed by atoms with Crippen molar-refractivity contribution in [3.63, 3.8) is 0 Å². The predicted octanol–water partition coefficient (Wildman–Crippen LogP) is 2.24. The zero-order valence-electron chi connectivity index (χ0n) is 14.6. The van der Waals surface area contributed by atoms with Gasteiger partial charge in [0.1, 0.15) is 11.6 Å². The predicted molar refractivity (Wildman–Crippen MR) is 101 cm³/mol. The van der Waals surface area contributed by atoms with E-state index in [9.17, 15) is 4.79 Å². The van der Waals surface area contributed by atoms with E-state index in [0.29, 0.717) is 0 Å². The molecule has 3 rings (SSSR count). The molecule has 0 aromatic heterocycles. The zero-order valence-corrected chi connectivity index (χ0v) is 14.6. The summed E-state index contributed by atoms with van der Waals surface area (Å²) < 4.78 is 0. The average molecular weight is 334 g/mol. The van der Waals surface area contributed by atoms with E-state index in [0.717, 1.165) is 42.5 Å². The van der Waals surface area contributed by atoms with Gasteiger partial charge in [-0.15, -0.1) is 0 Å². The van der Waals surface area contributed by atoms with Crippen molar-refractivity contribution in [3.8, 4) is 6.07 Å². The van der Waals surface area contributed by atoms with E-state index in [4.69, 9.17) is 5.26 Å². The first-order chi connectivity index (χ1) is 12.1. The molecule has 5 heteroatoms. The van der Waals surface area contributed by atoms with Crippen molar-refractivity contribution in [3.05, 3.63) is 47.5 Å². The monoisotopic (exact) mass is 334 g/mol. The van der Waals surface area contributed by atoms with Crippen LogP contribution in [0.15, 0.2) is 42.0 Å². The summed E-state index contributed by atoms with van der Waals surface area (Å²) in [7, 11) is 3.68. The van der Waals surface area contributed by atoms with Crippen LogP contribution in [0.5, 0.6) is 0 Å². The fourth-order valence-electron chi connectivity index (χ4n) is 3.05. The topological polar surface area (TPSA) is 59.4 Å². The van der Waals surface area contributed by atoms with Crippen LogP contribution in [0.3, 0.4) is 0 Å². The van der Waals surface area contributed by atoms with Crippen LogP contribution in [0.25, 0.3) is 16.8 Å². The van der Waals surface area contributed by atoms with Gasteiger partial charge >= 0.3 is 0 Å². The average Bonchev–Trinajstić information content (AvgIpc) is 2.65. The third-order valence-electron chi connectivity index (χ3n) is 4.62. The largest absolute Gasteiger partial charge is 0.369 e. The van der Waals surface area contributed by atoms with Crippen molar-refractivity contribution >= 4 is 28.4 Å². The van der Waals surface area contributed by atoms with E-state index >= 15 is 0 Å². The highest BCUT2D eigenvalue weighted by molar-refractivity contribution is 6.02. The summed E-state index contributed by atoms with van der Waals surface area (Å²) in [5.74, 6) is -0.368. The molecule has 2 aromatic rings. The lowest BCUT2D eigenvalue weighted by molar-refractivity contribution is -0.116. The Labute approximate surface area is 148 Å². The molecule has 1 fully saturated rings. The summed E-state index contributed by atoms with van der Waals surface area (Å²) in [6.45, 7) is 4.25. The number of hydrogen-bond donors (Lipinski definition) is 1. The van der Waals surface area contributed by atoms with Gasteiger partial charge < -0.3 is 15.1 Å². The van der Waals surface area contributed by atoms with Gasteiger partial charge in [0.05, 0.1) is 0 Å².